The van der Waals surface area contributed by atoms with Gasteiger partial charge < -0.3 is 44.6 Å². The Morgan fingerprint density at radius 1 is 1.21 bits per heavy atom. The zero-order valence-electron chi connectivity index (χ0n) is 22.3. The summed E-state index contributed by atoms with van der Waals surface area (Å²) in [4.78, 5) is 46.4. The first kappa shape index (κ1) is 31.1. The molecule has 2 aliphatic carbocycles. The van der Waals surface area contributed by atoms with Crippen LogP contribution in [0, 0.1) is 0 Å². The van der Waals surface area contributed by atoms with Crippen LogP contribution in [-0.4, -0.2) is 104 Å². The lowest BCUT2D eigenvalue weighted by Gasteiger charge is -2.61. The number of nitrogens with zero attached hydrogens (tertiary/aromatic N) is 1. The Labute approximate surface area is 235 Å². The Bertz CT molecular complexity index is 1350. The van der Waals surface area contributed by atoms with E-state index in [0.717, 1.165) is 18.1 Å². The minimum Gasteiger partial charge on any atom is -0.504 e. The second-order valence-corrected chi connectivity index (χ2v) is 10.5. The number of phenolic OH excluding ortho intramolecular Hbond substituents is 1. The van der Waals surface area contributed by atoms with Gasteiger partial charge in [-0.25, -0.2) is 14.4 Å². The number of phenols is 1. The zero-order valence-corrected chi connectivity index (χ0v) is 22.3. The lowest BCUT2D eigenvalue weighted by molar-refractivity contribution is -0.192. The van der Waals surface area contributed by atoms with E-state index in [9.17, 15) is 42.9 Å². The minimum atomic E-state index is -5.08. The summed E-state index contributed by atoms with van der Waals surface area (Å²) in [6, 6.07) is 3.18. The van der Waals surface area contributed by atoms with Crippen LogP contribution >= 0.6 is 0 Å². The number of esters is 2. The summed E-state index contributed by atoms with van der Waals surface area (Å²) in [5.41, 5.74) is -0.463. The van der Waals surface area contributed by atoms with Crippen LogP contribution in [0.5, 0.6) is 11.5 Å². The average Bonchev–Trinajstić information content (AvgIpc) is 3.25. The summed E-state index contributed by atoms with van der Waals surface area (Å²) < 4.78 is 48.0. The highest BCUT2D eigenvalue weighted by atomic mass is 19.4. The third kappa shape index (κ3) is 5.03. The van der Waals surface area contributed by atoms with Gasteiger partial charge >= 0.3 is 30.1 Å². The molecule has 4 aliphatic rings. The number of aliphatic hydroxyl groups excluding tert-OH is 1. The molecule has 0 amide bonds. The van der Waals surface area contributed by atoms with E-state index in [1.165, 1.54) is 0 Å². The van der Waals surface area contributed by atoms with Crippen molar-refractivity contribution < 1.29 is 72.1 Å². The number of piperidine rings is 1. The number of aliphatic hydroxyl groups is 2. The van der Waals surface area contributed by atoms with Crippen molar-refractivity contribution in [3.05, 3.63) is 35.1 Å². The number of likely N-dealkylation sites (tertiary alicyclic amines) is 1. The summed E-state index contributed by atoms with van der Waals surface area (Å²) >= 11 is 0. The Morgan fingerprint density at radius 3 is 2.45 bits per heavy atom. The minimum absolute atomic E-state index is 0.0661. The number of alkyl halides is 3. The van der Waals surface area contributed by atoms with Gasteiger partial charge in [-0.3, -0.25) is 4.79 Å². The highest BCUT2D eigenvalue weighted by Crippen LogP contribution is 2.65. The molecule has 0 aromatic heterocycles. The molecule has 1 spiro atoms. The molecule has 6 atom stereocenters. The van der Waals surface area contributed by atoms with Crippen LogP contribution in [0.2, 0.25) is 0 Å². The second-order valence-electron chi connectivity index (χ2n) is 10.5. The standard InChI is InChI=1S/C24H27NO10.C2HF3O2/c1-11(21(29)30)33-22(31)14(27)10-17(28)34-15-5-6-24(32)16-9-12-3-4-13(26)19-18(12)23(24,20(15)35-19)7-8-25(16)2;3-2(4,5)1(6)7/h3-5,11,14,16,20,26-27,32H,6-10H2,1-2H3,(H,29,30);(H,6,7)/t11?,14?,16-,20+,23+,24-;/m1./s1. The molecule has 1 aromatic rings. The molecule has 0 saturated carbocycles. The summed E-state index contributed by atoms with van der Waals surface area (Å²) in [7, 11) is 1.96. The predicted octanol–water partition coefficient (Wildman–Crippen LogP) is 0.614. The number of halogens is 3. The number of carboxylic acid groups (broad SMARTS) is 2. The van der Waals surface area contributed by atoms with E-state index in [1.807, 2.05) is 13.1 Å². The third-order valence-electron chi connectivity index (χ3n) is 8.10. The van der Waals surface area contributed by atoms with Gasteiger partial charge in [-0.15, -0.1) is 0 Å². The number of likely N-dealkylation sites (N-methyl/N-ethyl adjacent to an activating group) is 1. The molecule has 16 heteroatoms. The van der Waals surface area contributed by atoms with Crippen LogP contribution in [0.25, 0.3) is 0 Å². The predicted molar refractivity (Wildman–Crippen MR) is 130 cm³/mol. The van der Waals surface area contributed by atoms with Gasteiger partial charge in [-0.1, -0.05) is 6.07 Å². The number of ether oxygens (including phenoxy) is 3. The summed E-state index contributed by atoms with van der Waals surface area (Å²) in [5, 5.41) is 48.5. The Morgan fingerprint density at radius 2 is 1.86 bits per heavy atom. The highest BCUT2D eigenvalue weighted by Gasteiger charge is 2.72. The van der Waals surface area contributed by atoms with Gasteiger partial charge in [0.25, 0.3) is 0 Å². The van der Waals surface area contributed by atoms with Crippen molar-refractivity contribution in [2.45, 2.75) is 74.2 Å². The topological polar surface area (TPSA) is 200 Å². The molecular formula is C26H28F3NO12. The number of aliphatic carboxylic acids is 2. The quantitative estimate of drug-likeness (QED) is 0.284. The second kappa shape index (κ2) is 10.7. The van der Waals surface area contributed by atoms with E-state index in [4.69, 9.17) is 24.5 Å². The van der Waals surface area contributed by atoms with Crippen molar-refractivity contribution in [2.75, 3.05) is 13.6 Å². The van der Waals surface area contributed by atoms with Gasteiger partial charge in [-0.05, 0) is 51.1 Å². The number of rotatable bonds is 6. The first-order valence-electron chi connectivity index (χ1n) is 12.7. The Balaban J connectivity index is 0.000000517. The van der Waals surface area contributed by atoms with Gasteiger partial charge in [0.15, 0.2) is 29.8 Å². The zero-order chi connectivity index (χ0) is 31.4. The van der Waals surface area contributed by atoms with E-state index in [1.54, 1.807) is 12.1 Å². The number of benzene rings is 1. The molecule has 5 N–H and O–H groups in total. The van der Waals surface area contributed by atoms with Crippen molar-refractivity contribution in [1.29, 1.82) is 0 Å². The highest BCUT2D eigenvalue weighted by molar-refractivity contribution is 5.84. The molecule has 1 fully saturated rings. The monoisotopic (exact) mass is 603 g/mol. The fourth-order valence-corrected chi connectivity index (χ4v) is 6.15. The number of hydrogen-bond donors (Lipinski definition) is 5. The van der Waals surface area contributed by atoms with E-state index >= 15 is 0 Å². The number of carbonyl (C=O) groups is 4. The van der Waals surface area contributed by atoms with Crippen LogP contribution in [0.15, 0.2) is 24.0 Å². The molecule has 13 nitrogen and oxygen atoms in total. The maximum atomic E-state index is 12.6. The van der Waals surface area contributed by atoms with Gasteiger partial charge in [0, 0.05) is 18.0 Å². The smallest absolute Gasteiger partial charge is 0.490 e. The molecule has 1 saturated heterocycles. The van der Waals surface area contributed by atoms with Gasteiger partial charge in [0.2, 0.25) is 0 Å². The maximum Gasteiger partial charge on any atom is 0.490 e. The fourth-order valence-electron chi connectivity index (χ4n) is 6.15. The first-order valence-corrected chi connectivity index (χ1v) is 12.7. The van der Waals surface area contributed by atoms with Crippen LogP contribution < -0.4 is 4.74 Å². The molecule has 2 heterocycles. The fraction of sp³-hybridized carbons (Fsp3) is 0.538. The van der Waals surface area contributed by atoms with Crippen molar-refractivity contribution in [2.24, 2.45) is 0 Å². The first-order chi connectivity index (χ1) is 19.4. The molecule has 42 heavy (non-hydrogen) atoms. The summed E-state index contributed by atoms with van der Waals surface area (Å²) in [6.07, 6.45) is -7.29. The number of carbonyl (C=O) groups excluding carboxylic acids is 2. The molecule has 2 unspecified atom stereocenters. The summed E-state index contributed by atoms with van der Waals surface area (Å²) in [6.45, 7) is 1.78. The van der Waals surface area contributed by atoms with Crippen molar-refractivity contribution in [3.8, 4) is 11.5 Å². The van der Waals surface area contributed by atoms with Gasteiger partial charge in [0.05, 0.1) is 17.4 Å². The van der Waals surface area contributed by atoms with E-state index in [2.05, 4.69) is 9.64 Å². The Kier molecular flexibility index (Phi) is 7.94. The van der Waals surface area contributed by atoms with Crippen LogP contribution in [0.4, 0.5) is 13.2 Å². The average molecular weight is 603 g/mol. The van der Waals surface area contributed by atoms with Crippen LogP contribution in [0.3, 0.4) is 0 Å². The van der Waals surface area contributed by atoms with E-state index < -0.39 is 65.8 Å². The molecule has 2 bridgehead atoms. The lowest BCUT2D eigenvalue weighted by Crippen LogP contribution is -2.74. The molecule has 1 aromatic carbocycles. The van der Waals surface area contributed by atoms with Crippen molar-refractivity contribution >= 4 is 23.9 Å². The van der Waals surface area contributed by atoms with Gasteiger partial charge in [-0.2, -0.15) is 13.2 Å². The van der Waals surface area contributed by atoms with Crippen LogP contribution in [0.1, 0.15) is 37.3 Å². The number of aromatic hydroxyl groups is 1. The van der Waals surface area contributed by atoms with E-state index in [-0.39, 0.29) is 29.7 Å². The normalized spacial score (nSPS) is 28.5. The molecular weight excluding hydrogens is 575 g/mol. The molecule has 5 rings (SSSR count). The van der Waals surface area contributed by atoms with Gasteiger partial charge in [0.1, 0.15) is 5.76 Å². The number of carboxylic acids is 2. The molecule has 230 valence electrons. The SMILES string of the molecule is CC(OC(=O)C(O)CC(=O)OC1=CC[C@@]2(O)[C@H]3Cc4ccc(O)c5c4[C@@]2(CCN3C)[C@H]1O5)C(=O)O.O=C(O)C(F)(F)F. The third-order valence-corrected chi connectivity index (χ3v) is 8.10. The Hall–Kier alpha value is -3.89. The van der Waals surface area contributed by atoms with Crippen molar-refractivity contribution in [3.63, 3.8) is 0 Å². The maximum absolute atomic E-state index is 12.6. The lowest BCUT2D eigenvalue weighted by atomic mass is 9.50. The largest absolute Gasteiger partial charge is 0.504 e. The number of hydrogen-bond acceptors (Lipinski definition) is 11. The molecule has 0 radical (unpaired) electrons. The summed E-state index contributed by atoms with van der Waals surface area (Å²) in [5.74, 6) is -6.02. The van der Waals surface area contributed by atoms with Crippen molar-refractivity contribution in [1.82, 2.24) is 4.90 Å². The van der Waals surface area contributed by atoms with Crippen LogP contribution in [-0.2, 0) is 40.5 Å². The molecule has 2 aliphatic heterocycles. The van der Waals surface area contributed by atoms with E-state index in [0.29, 0.717) is 19.4 Å².